The number of fused-ring (bicyclic) bond motifs is 2. The van der Waals surface area contributed by atoms with Gasteiger partial charge < -0.3 is 4.98 Å². The highest BCUT2D eigenvalue weighted by molar-refractivity contribution is 14.1. The van der Waals surface area contributed by atoms with E-state index in [1.165, 1.54) is 0 Å². The maximum absolute atomic E-state index is 12.2. The van der Waals surface area contributed by atoms with Crippen LogP contribution in [0.25, 0.3) is 11.0 Å². The van der Waals surface area contributed by atoms with Crippen molar-refractivity contribution in [2.24, 2.45) is 0 Å². The van der Waals surface area contributed by atoms with Gasteiger partial charge in [-0.05, 0) is 35.4 Å². The fourth-order valence-electron chi connectivity index (χ4n) is 2.10. The molecule has 3 rings (SSSR count). The first-order valence-corrected chi connectivity index (χ1v) is 6.11. The first kappa shape index (κ1) is 9.38. The minimum absolute atomic E-state index is 0.111. The monoisotopic (exact) mass is 315 g/mol. The Balaban J connectivity index is 2.44. The lowest BCUT2D eigenvalue weighted by atomic mass is 10.1. The van der Waals surface area contributed by atoms with Crippen LogP contribution in [0.5, 0.6) is 0 Å². The van der Waals surface area contributed by atoms with E-state index in [4.69, 9.17) is 0 Å². The molecule has 2 aromatic heterocycles. The first-order chi connectivity index (χ1) is 7.27. The van der Waals surface area contributed by atoms with Crippen molar-refractivity contribution >= 4 is 33.6 Å². The summed E-state index contributed by atoms with van der Waals surface area (Å²) in [5, 5.41) is 0.737. The highest BCUT2D eigenvalue weighted by atomic mass is 127. The number of nitrogens with one attached hydrogen (secondary N) is 1. The van der Waals surface area contributed by atoms with Crippen LogP contribution in [0.15, 0.2) is 11.0 Å². The summed E-state index contributed by atoms with van der Waals surface area (Å²) in [6.45, 7) is 0.818. The molecule has 0 spiro atoms. The predicted molar refractivity (Wildman–Crippen MR) is 66.0 cm³/mol. The quantitative estimate of drug-likeness (QED) is 0.752. The lowest BCUT2D eigenvalue weighted by molar-refractivity contribution is 0.500. The van der Waals surface area contributed by atoms with E-state index < -0.39 is 0 Å². The van der Waals surface area contributed by atoms with Crippen LogP contribution in [0.2, 0.25) is 0 Å². The van der Waals surface area contributed by atoms with E-state index in [2.05, 4.69) is 32.6 Å². The van der Waals surface area contributed by atoms with Gasteiger partial charge in [0.2, 0.25) is 0 Å². The van der Waals surface area contributed by atoms with E-state index in [0.29, 0.717) is 0 Å². The van der Waals surface area contributed by atoms with Crippen LogP contribution in [0, 0.1) is 3.57 Å². The molecule has 0 unspecified atom stereocenters. The second-order valence-corrected chi connectivity index (χ2v) is 4.96. The largest absolute Gasteiger partial charge is 0.345 e. The predicted octanol–water partition coefficient (Wildman–Crippen LogP) is 1.67. The summed E-state index contributed by atoms with van der Waals surface area (Å²) in [6, 6.07) is 0. The van der Waals surface area contributed by atoms with Crippen molar-refractivity contribution in [1.29, 1.82) is 0 Å². The molecule has 0 atom stereocenters. The topological polar surface area (TPSA) is 50.7 Å². The number of aromatic nitrogens is 3. The highest BCUT2D eigenvalue weighted by Crippen LogP contribution is 2.17. The molecule has 15 heavy (non-hydrogen) atoms. The van der Waals surface area contributed by atoms with Gasteiger partial charge in [0.1, 0.15) is 11.5 Å². The van der Waals surface area contributed by atoms with E-state index in [1.54, 1.807) is 0 Å². The van der Waals surface area contributed by atoms with E-state index in [0.717, 1.165) is 46.2 Å². The zero-order valence-corrected chi connectivity index (χ0v) is 10.2. The molecule has 0 saturated heterocycles. The second-order valence-electron chi connectivity index (χ2n) is 3.80. The van der Waals surface area contributed by atoms with E-state index in [1.807, 2.05) is 10.8 Å². The summed E-state index contributed by atoms with van der Waals surface area (Å²) in [7, 11) is 0. The molecule has 0 saturated carbocycles. The molecule has 0 radical (unpaired) electrons. The number of aryl methyl sites for hydroxylation is 1. The van der Waals surface area contributed by atoms with Crippen molar-refractivity contribution in [3.05, 3.63) is 25.9 Å². The maximum atomic E-state index is 12.2. The third kappa shape index (κ3) is 1.32. The minimum atomic E-state index is 0.111. The Bertz CT molecular complexity index is 584. The fourth-order valence-corrected chi connectivity index (χ4v) is 2.74. The van der Waals surface area contributed by atoms with E-state index >= 15 is 0 Å². The van der Waals surface area contributed by atoms with Crippen molar-refractivity contribution in [3.63, 3.8) is 0 Å². The SMILES string of the molecule is O=c1c2c(I)c[nH]c2nc2n1CCCC2. The van der Waals surface area contributed by atoms with Crippen molar-refractivity contribution in [1.82, 2.24) is 14.5 Å². The fraction of sp³-hybridized carbons (Fsp3) is 0.400. The van der Waals surface area contributed by atoms with Gasteiger partial charge in [-0.2, -0.15) is 0 Å². The van der Waals surface area contributed by atoms with Crippen molar-refractivity contribution in [3.8, 4) is 0 Å². The zero-order valence-electron chi connectivity index (χ0n) is 8.09. The molecule has 0 fully saturated rings. The zero-order chi connectivity index (χ0) is 10.4. The molecule has 3 heterocycles. The lowest BCUT2D eigenvalue weighted by Gasteiger charge is -2.16. The molecular weight excluding hydrogens is 305 g/mol. The Labute approximate surface area is 99.8 Å². The van der Waals surface area contributed by atoms with Gasteiger partial charge in [0.15, 0.2) is 0 Å². The number of H-pyrrole nitrogens is 1. The van der Waals surface area contributed by atoms with Gasteiger partial charge in [-0.3, -0.25) is 9.36 Å². The van der Waals surface area contributed by atoms with Crippen molar-refractivity contribution in [2.45, 2.75) is 25.8 Å². The molecule has 0 amide bonds. The molecule has 2 aromatic rings. The van der Waals surface area contributed by atoms with Crippen LogP contribution in [0.1, 0.15) is 18.7 Å². The molecule has 1 aliphatic rings. The van der Waals surface area contributed by atoms with Crippen LogP contribution >= 0.6 is 22.6 Å². The van der Waals surface area contributed by atoms with Crippen molar-refractivity contribution in [2.75, 3.05) is 0 Å². The number of aromatic amines is 1. The van der Waals surface area contributed by atoms with E-state index in [9.17, 15) is 4.79 Å². The van der Waals surface area contributed by atoms with Gasteiger partial charge in [0, 0.05) is 22.7 Å². The molecule has 4 nitrogen and oxygen atoms in total. The summed E-state index contributed by atoms with van der Waals surface area (Å²) in [5.41, 5.74) is 0.845. The van der Waals surface area contributed by atoms with Crippen LogP contribution in [-0.2, 0) is 13.0 Å². The first-order valence-electron chi connectivity index (χ1n) is 5.03. The molecular formula is C10H10IN3O. The average molecular weight is 315 g/mol. The third-order valence-corrected chi connectivity index (χ3v) is 3.71. The minimum Gasteiger partial charge on any atom is -0.345 e. The molecule has 0 aliphatic carbocycles. The average Bonchev–Trinajstić information content (AvgIpc) is 2.61. The number of nitrogens with zero attached hydrogens (tertiary/aromatic N) is 2. The summed E-state index contributed by atoms with van der Waals surface area (Å²) >= 11 is 2.17. The van der Waals surface area contributed by atoms with Crippen molar-refractivity contribution < 1.29 is 0 Å². The number of hydrogen-bond acceptors (Lipinski definition) is 2. The Kier molecular flexibility index (Phi) is 2.08. The lowest BCUT2D eigenvalue weighted by Crippen LogP contribution is -2.28. The standard InChI is InChI=1S/C10H10IN3O/c11-6-5-12-9-8(6)10(15)14-4-2-1-3-7(14)13-9/h5,12H,1-4H2. The summed E-state index contributed by atoms with van der Waals surface area (Å²) in [4.78, 5) is 19.7. The summed E-state index contributed by atoms with van der Waals surface area (Å²) < 4.78 is 2.78. The Morgan fingerprint density at radius 2 is 2.33 bits per heavy atom. The van der Waals surface area contributed by atoms with Gasteiger partial charge in [-0.15, -0.1) is 0 Å². The molecule has 0 bridgehead atoms. The van der Waals surface area contributed by atoms with Gasteiger partial charge >= 0.3 is 0 Å². The molecule has 1 aliphatic heterocycles. The van der Waals surface area contributed by atoms with Crippen LogP contribution < -0.4 is 5.56 Å². The third-order valence-electron chi connectivity index (χ3n) is 2.85. The Hall–Kier alpha value is -0.850. The summed E-state index contributed by atoms with van der Waals surface area (Å²) in [5.74, 6) is 0.928. The molecule has 78 valence electrons. The van der Waals surface area contributed by atoms with Crippen LogP contribution in [-0.4, -0.2) is 14.5 Å². The van der Waals surface area contributed by atoms with Gasteiger partial charge in [-0.1, -0.05) is 0 Å². The Morgan fingerprint density at radius 3 is 3.20 bits per heavy atom. The van der Waals surface area contributed by atoms with Gasteiger partial charge in [-0.25, -0.2) is 4.98 Å². The van der Waals surface area contributed by atoms with Gasteiger partial charge in [0.25, 0.3) is 5.56 Å². The highest BCUT2D eigenvalue weighted by Gasteiger charge is 2.16. The smallest absolute Gasteiger partial charge is 0.264 e. The normalized spacial score (nSPS) is 15.5. The van der Waals surface area contributed by atoms with Gasteiger partial charge in [0.05, 0.1) is 5.39 Å². The molecule has 0 aromatic carbocycles. The summed E-state index contributed by atoms with van der Waals surface area (Å²) in [6.07, 6.45) is 4.98. The maximum Gasteiger partial charge on any atom is 0.264 e. The van der Waals surface area contributed by atoms with Crippen LogP contribution in [0.4, 0.5) is 0 Å². The Morgan fingerprint density at radius 1 is 1.47 bits per heavy atom. The second kappa shape index (κ2) is 3.33. The number of hydrogen-bond donors (Lipinski definition) is 1. The van der Waals surface area contributed by atoms with E-state index in [-0.39, 0.29) is 5.56 Å². The molecule has 5 heteroatoms. The number of rotatable bonds is 0. The van der Waals surface area contributed by atoms with Crippen LogP contribution in [0.3, 0.4) is 0 Å². The number of halogens is 1. The molecule has 1 N–H and O–H groups in total.